The van der Waals surface area contributed by atoms with Crippen LogP contribution in [0.2, 0.25) is 0 Å². The molecule has 1 fully saturated rings. The molecular formula is C4H9N2. The molecule has 0 aromatic carbocycles. The molecule has 1 heterocycles. The van der Waals surface area contributed by atoms with Crippen molar-refractivity contribution in [3.8, 4) is 0 Å². The van der Waals surface area contributed by atoms with Gasteiger partial charge in [-0.2, -0.15) is 0 Å². The van der Waals surface area contributed by atoms with Gasteiger partial charge in [0, 0.05) is 12.6 Å². The first-order chi connectivity index (χ1) is 2.89. The maximum atomic E-state index is 7.07. The lowest BCUT2D eigenvalue weighted by Gasteiger charge is -1.89. The normalized spacial score (nSPS) is 34.5. The molecule has 0 bridgehead atoms. The number of rotatable bonds is 0. The van der Waals surface area contributed by atoms with Gasteiger partial charge in [-0.25, -0.2) is 0 Å². The lowest BCUT2D eigenvalue weighted by Crippen LogP contribution is -2.13. The molecule has 0 amide bonds. The predicted molar refractivity (Wildman–Crippen MR) is 24.4 cm³/mol. The third-order valence-corrected chi connectivity index (χ3v) is 1.06. The molecule has 0 saturated carbocycles. The minimum atomic E-state index is 0.185. The van der Waals surface area contributed by atoms with Crippen molar-refractivity contribution < 1.29 is 0 Å². The molecule has 2 N–H and O–H groups in total. The molecule has 2 heteroatoms. The first-order valence-corrected chi connectivity index (χ1v) is 2.31. The summed E-state index contributed by atoms with van der Waals surface area (Å²) in [5.41, 5.74) is 7.07. The smallest absolute Gasteiger partial charge is 0.0349 e. The molecule has 1 rings (SSSR count). The van der Waals surface area contributed by atoms with Crippen LogP contribution in [0.25, 0.3) is 0 Å². The van der Waals surface area contributed by atoms with Crippen LogP contribution in [0.15, 0.2) is 0 Å². The summed E-state index contributed by atoms with van der Waals surface area (Å²) in [6.07, 6.45) is 1.04. The van der Waals surface area contributed by atoms with Gasteiger partial charge in [0.05, 0.1) is 0 Å². The Kier molecular flexibility index (Phi) is 1.08. The molecule has 1 saturated heterocycles. The topological polar surface area (TPSA) is 35.8 Å². The molecule has 1 aliphatic rings. The van der Waals surface area contributed by atoms with E-state index in [-0.39, 0.29) is 6.04 Å². The first-order valence-electron chi connectivity index (χ1n) is 2.31. The van der Waals surface area contributed by atoms with Crippen LogP contribution in [0.5, 0.6) is 0 Å². The summed E-state index contributed by atoms with van der Waals surface area (Å²) in [5.74, 6) is 0. The third kappa shape index (κ3) is 0.698. The van der Waals surface area contributed by atoms with Crippen LogP contribution in [-0.2, 0) is 0 Å². The molecule has 0 unspecified atom stereocenters. The van der Waals surface area contributed by atoms with Crippen molar-refractivity contribution in [2.75, 3.05) is 13.1 Å². The Bertz CT molecular complexity index is 38.8. The largest absolute Gasteiger partial charge is 0.315 e. The van der Waals surface area contributed by atoms with Crippen molar-refractivity contribution >= 4 is 0 Å². The van der Waals surface area contributed by atoms with E-state index < -0.39 is 0 Å². The molecule has 2 nitrogen and oxygen atoms in total. The summed E-state index contributed by atoms with van der Waals surface area (Å²) >= 11 is 0. The van der Waals surface area contributed by atoms with Gasteiger partial charge < -0.3 is 5.32 Å². The van der Waals surface area contributed by atoms with E-state index in [0.717, 1.165) is 19.5 Å². The van der Waals surface area contributed by atoms with E-state index in [1.165, 1.54) is 0 Å². The van der Waals surface area contributed by atoms with E-state index in [0.29, 0.717) is 0 Å². The van der Waals surface area contributed by atoms with E-state index >= 15 is 0 Å². The molecule has 0 aliphatic carbocycles. The van der Waals surface area contributed by atoms with Gasteiger partial charge in [-0.15, -0.1) is 0 Å². The van der Waals surface area contributed by atoms with Crippen molar-refractivity contribution in [1.82, 2.24) is 11.1 Å². The fourth-order valence-electron chi connectivity index (χ4n) is 0.655. The monoisotopic (exact) mass is 85.1 g/mol. The summed E-state index contributed by atoms with van der Waals surface area (Å²) in [6.45, 7) is 1.95. The fourth-order valence-corrected chi connectivity index (χ4v) is 0.655. The van der Waals surface area contributed by atoms with Gasteiger partial charge in [0.1, 0.15) is 0 Å². The Morgan fingerprint density at radius 1 is 1.67 bits per heavy atom. The molecule has 1 atom stereocenters. The van der Waals surface area contributed by atoms with Crippen molar-refractivity contribution in [2.24, 2.45) is 0 Å². The minimum absolute atomic E-state index is 0.185. The number of hydrogen-bond acceptors (Lipinski definition) is 1. The minimum Gasteiger partial charge on any atom is -0.315 e. The molecule has 0 aromatic heterocycles. The zero-order valence-electron chi connectivity index (χ0n) is 3.70. The average Bonchev–Trinajstić information content (AvgIpc) is 1.86. The third-order valence-electron chi connectivity index (χ3n) is 1.06. The summed E-state index contributed by atoms with van der Waals surface area (Å²) in [6, 6.07) is 0.185. The van der Waals surface area contributed by atoms with Crippen molar-refractivity contribution in [1.29, 1.82) is 0 Å². The maximum absolute atomic E-state index is 7.07. The zero-order chi connectivity index (χ0) is 4.41. The van der Waals surface area contributed by atoms with Crippen LogP contribution >= 0.6 is 0 Å². The van der Waals surface area contributed by atoms with Crippen LogP contribution in [0.3, 0.4) is 0 Å². The summed E-state index contributed by atoms with van der Waals surface area (Å²) in [7, 11) is 0. The average molecular weight is 85.1 g/mol. The number of hydrogen-bond donors (Lipinski definition) is 1. The maximum Gasteiger partial charge on any atom is 0.0349 e. The lowest BCUT2D eigenvalue weighted by atomic mass is 10.3. The van der Waals surface area contributed by atoms with Gasteiger partial charge in [-0.1, -0.05) is 0 Å². The molecule has 0 spiro atoms. The Morgan fingerprint density at radius 3 is 2.67 bits per heavy atom. The molecule has 1 aliphatic heterocycles. The van der Waals surface area contributed by atoms with E-state index in [1.54, 1.807) is 0 Å². The highest BCUT2D eigenvalue weighted by molar-refractivity contribution is 4.71. The molecule has 6 heavy (non-hydrogen) atoms. The lowest BCUT2D eigenvalue weighted by molar-refractivity contribution is 0.718. The van der Waals surface area contributed by atoms with E-state index in [1.807, 2.05) is 0 Å². The zero-order valence-corrected chi connectivity index (χ0v) is 3.70. The van der Waals surface area contributed by atoms with Crippen LogP contribution in [0.1, 0.15) is 6.42 Å². The highest BCUT2D eigenvalue weighted by Crippen LogP contribution is 1.92. The van der Waals surface area contributed by atoms with Gasteiger partial charge in [0.2, 0.25) is 0 Å². The van der Waals surface area contributed by atoms with Gasteiger partial charge in [-0.3, -0.25) is 5.73 Å². The second kappa shape index (κ2) is 1.58. The molecule has 35 valence electrons. The van der Waals surface area contributed by atoms with Gasteiger partial charge in [-0.05, 0) is 13.0 Å². The molecule has 1 radical (unpaired) electrons. The van der Waals surface area contributed by atoms with E-state index in [9.17, 15) is 0 Å². The molecule has 0 aromatic rings. The SMILES string of the molecule is [NH][C@H]1CCNC1. The summed E-state index contributed by atoms with van der Waals surface area (Å²) in [4.78, 5) is 0. The Labute approximate surface area is 37.7 Å². The fraction of sp³-hybridized carbons (Fsp3) is 1.00. The highest BCUT2D eigenvalue weighted by atomic mass is 14.9. The van der Waals surface area contributed by atoms with Crippen LogP contribution in [0, 0.1) is 0 Å². The Hall–Kier alpha value is -0.0800. The van der Waals surface area contributed by atoms with Crippen molar-refractivity contribution in [3.63, 3.8) is 0 Å². The van der Waals surface area contributed by atoms with Crippen LogP contribution in [-0.4, -0.2) is 19.1 Å². The quantitative estimate of drug-likeness (QED) is 0.428. The van der Waals surface area contributed by atoms with Crippen LogP contribution in [0.4, 0.5) is 0 Å². The predicted octanol–water partition coefficient (Wildman–Crippen LogP) is -0.369. The Morgan fingerprint density at radius 2 is 2.50 bits per heavy atom. The summed E-state index contributed by atoms with van der Waals surface area (Å²) in [5, 5.41) is 3.08. The second-order valence-corrected chi connectivity index (χ2v) is 1.69. The molecular weight excluding hydrogens is 76.1 g/mol. The highest BCUT2D eigenvalue weighted by Gasteiger charge is 2.07. The number of nitrogens with one attached hydrogen (secondary N) is 2. The van der Waals surface area contributed by atoms with Gasteiger partial charge in [0.25, 0.3) is 0 Å². The first kappa shape index (κ1) is 4.09. The standard InChI is InChI=1S/C4H9N2/c5-4-1-2-6-3-4/h4-6H,1-3H2/t4-/m0/s1. The van der Waals surface area contributed by atoms with Crippen molar-refractivity contribution in [2.45, 2.75) is 12.5 Å². The van der Waals surface area contributed by atoms with Gasteiger partial charge in [0.15, 0.2) is 0 Å². The Balaban J connectivity index is 2.18. The summed E-state index contributed by atoms with van der Waals surface area (Å²) < 4.78 is 0. The van der Waals surface area contributed by atoms with Gasteiger partial charge >= 0.3 is 0 Å². The van der Waals surface area contributed by atoms with Crippen molar-refractivity contribution in [3.05, 3.63) is 0 Å². The van der Waals surface area contributed by atoms with Crippen LogP contribution < -0.4 is 11.1 Å². The van der Waals surface area contributed by atoms with E-state index in [2.05, 4.69) is 5.32 Å². The second-order valence-electron chi connectivity index (χ2n) is 1.69. The van der Waals surface area contributed by atoms with E-state index in [4.69, 9.17) is 5.73 Å².